The van der Waals surface area contributed by atoms with Gasteiger partial charge in [0.15, 0.2) is 11.6 Å². The summed E-state index contributed by atoms with van der Waals surface area (Å²) >= 11 is 0. The molecule has 1 aliphatic heterocycles. The number of fused-ring (bicyclic) bond motifs is 1. The molecule has 0 aromatic carbocycles. The van der Waals surface area contributed by atoms with E-state index in [2.05, 4.69) is 31.1 Å². The predicted octanol–water partition coefficient (Wildman–Crippen LogP) is 5.28. The van der Waals surface area contributed by atoms with Crippen molar-refractivity contribution in [2.75, 3.05) is 26.4 Å². The highest BCUT2D eigenvalue weighted by atomic mass is 32.2. The highest BCUT2D eigenvalue weighted by Crippen LogP contribution is 2.53. The number of sulfonamides is 1. The summed E-state index contributed by atoms with van der Waals surface area (Å²) < 4.78 is 25.7. The molecule has 0 spiro atoms. The predicted molar refractivity (Wildman–Crippen MR) is 198 cm³/mol. The molecule has 51 heavy (non-hydrogen) atoms. The smallest absolute Gasteiger partial charge is 0.315 e. The van der Waals surface area contributed by atoms with Crippen LogP contribution in [0.5, 0.6) is 0 Å². The molecule has 4 aliphatic rings. The van der Waals surface area contributed by atoms with E-state index in [1.165, 1.54) is 11.4 Å². The molecular weight excluding hydrogens is 669 g/mol. The second-order valence-electron chi connectivity index (χ2n) is 17.8. The normalized spacial score (nSPS) is 25.5. The number of amides is 3. The van der Waals surface area contributed by atoms with E-state index in [-0.39, 0.29) is 54.2 Å². The number of rotatable bonds is 17. The minimum absolute atomic E-state index is 0.0535. The first-order chi connectivity index (χ1) is 23.7. The van der Waals surface area contributed by atoms with Gasteiger partial charge in [0.05, 0.1) is 12.3 Å². The fourth-order valence-electron chi connectivity index (χ4n) is 8.75. The second kappa shape index (κ2) is 16.6. The van der Waals surface area contributed by atoms with Crippen molar-refractivity contribution in [2.24, 2.45) is 40.4 Å². The largest absolute Gasteiger partial charge is 0.334 e. The lowest BCUT2D eigenvalue weighted by Gasteiger charge is -2.37. The van der Waals surface area contributed by atoms with E-state index in [0.29, 0.717) is 25.3 Å². The lowest BCUT2D eigenvalue weighted by Crippen LogP contribution is -2.60. The van der Waals surface area contributed by atoms with Crippen LogP contribution in [0.4, 0.5) is 4.79 Å². The zero-order chi connectivity index (χ0) is 37.9. The third-order valence-corrected chi connectivity index (χ3v) is 13.7. The van der Waals surface area contributed by atoms with Crippen molar-refractivity contribution in [1.82, 2.24) is 19.8 Å². The van der Waals surface area contributed by atoms with Crippen LogP contribution in [0.2, 0.25) is 0 Å². The first-order valence-corrected chi connectivity index (χ1v) is 21.1. The second-order valence-corrected chi connectivity index (χ2v) is 19.9. The van der Waals surface area contributed by atoms with Crippen molar-refractivity contribution in [3.8, 4) is 0 Å². The molecule has 6 atom stereocenters. The fourth-order valence-corrected chi connectivity index (χ4v) is 9.16. The van der Waals surface area contributed by atoms with Crippen LogP contribution >= 0.6 is 0 Å². The molecule has 0 aromatic heterocycles. The van der Waals surface area contributed by atoms with E-state index >= 15 is 0 Å². The minimum atomic E-state index is -3.49. The van der Waals surface area contributed by atoms with Crippen LogP contribution < -0.4 is 10.6 Å². The molecule has 3 amide bonds. The van der Waals surface area contributed by atoms with Crippen LogP contribution in [-0.2, 0) is 29.2 Å². The maximum atomic E-state index is 14.9. The molecule has 3 saturated carbocycles. The maximum Gasteiger partial charge on any atom is 0.315 e. The van der Waals surface area contributed by atoms with Crippen molar-refractivity contribution >= 4 is 39.3 Å². The Morgan fingerprint density at radius 3 is 2.22 bits per heavy atom. The van der Waals surface area contributed by atoms with Crippen LogP contribution in [-0.4, -0.2) is 91.4 Å². The highest BCUT2D eigenvalue weighted by Gasteiger charge is 2.57. The Bertz CT molecular complexity index is 1430. The molecule has 288 valence electrons. The first-order valence-electron chi connectivity index (χ1n) is 19.2. The Morgan fingerprint density at radius 1 is 1.00 bits per heavy atom. The van der Waals surface area contributed by atoms with Crippen molar-refractivity contribution in [3.05, 3.63) is 12.7 Å². The van der Waals surface area contributed by atoms with E-state index in [4.69, 9.17) is 0 Å². The van der Waals surface area contributed by atoms with Crippen molar-refractivity contribution in [3.63, 3.8) is 0 Å². The number of Topliss-reactive ketones (excluding diaryl/α,β-unsaturated/α-hetero) is 3. The quantitative estimate of drug-likeness (QED) is 0.153. The number of nitrogens with one attached hydrogen (secondary N) is 2. The highest BCUT2D eigenvalue weighted by molar-refractivity contribution is 7.88. The Labute approximate surface area is 306 Å². The monoisotopic (exact) mass is 732 g/mol. The van der Waals surface area contributed by atoms with Crippen LogP contribution in [0.25, 0.3) is 0 Å². The summed E-state index contributed by atoms with van der Waals surface area (Å²) in [5, 5.41) is 6.00. The molecule has 1 saturated heterocycles. The first kappa shape index (κ1) is 41.2. The Hall–Kier alpha value is -2.60. The van der Waals surface area contributed by atoms with E-state index in [9.17, 15) is 32.4 Å². The Morgan fingerprint density at radius 2 is 1.65 bits per heavy atom. The lowest BCUT2D eigenvalue weighted by molar-refractivity contribution is -0.143. The molecule has 12 heteroatoms. The summed E-state index contributed by atoms with van der Waals surface area (Å²) in [4.78, 5) is 71.1. The average Bonchev–Trinajstić information content (AvgIpc) is 3.71. The molecule has 0 bridgehead atoms. The molecule has 0 aromatic rings. The number of nitrogens with zero attached hydrogens (tertiary/aromatic N) is 2. The lowest BCUT2D eigenvalue weighted by atomic mass is 9.78. The number of likely N-dealkylation sites (N-methyl/N-ethyl adjacent to an activating group) is 1. The molecule has 1 unspecified atom stereocenters. The summed E-state index contributed by atoms with van der Waals surface area (Å²) in [5.41, 5.74) is -0.573. The molecular formula is C39H64N4O7S. The van der Waals surface area contributed by atoms with Gasteiger partial charge in [0.25, 0.3) is 0 Å². The SMILES string of the molecule is C=CCCC(=O)C(=O)C(CC(=O)[C@@H]1[C@H]2CCC(C)(C)[C@H]2CN1C(=O)[C@@H](NC(=O)N[C@H](CN(C)S(C)(=O)=O)C(C)(C)C)C1CCCCC1)CC1CC1. The van der Waals surface area contributed by atoms with E-state index in [1.54, 1.807) is 11.0 Å². The topological polar surface area (TPSA) is 150 Å². The number of carbonyl (C=O) groups is 5. The van der Waals surface area contributed by atoms with Gasteiger partial charge in [-0.15, -0.1) is 6.58 Å². The molecule has 3 aliphatic carbocycles. The molecule has 2 N–H and O–H groups in total. The number of ketones is 3. The standard InChI is InChI=1S/C39H64N4O7S/c1-9-10-16-30(44)35(46)27(21-25-17-18-25)22-31(45)34-28-19-20-39(5,6)29(28)23-43(34)36(47)33(26-14-12-11-13-15-26)41-37(48)40-32(38(2,3)4)24-42(7)51(8,49)50/h9,25-29,32-34H,1,10-24H2,2-8H3,(H2,40,41,48)/t27?,28-,29-,32+,33-,34-/m0/s1. The molecule has 4 rings (SSSR count). The van der Waals surface area contributed by atoms with E-state index < -0.39 is 57.1 Å². The zero-order valence-electron chi connectivity index (χ0n) is 32.2. The molecule has 0 radical (unpaired) electrons. The molecule has 4 fully saturated rings. The summed E-state index contributed by atoms with van der Waals surface area (Å²) in [6, 6.07) is -2.67. The van der Waals surface area contributed by atoms with Crippen molar-refractivity contribution < 1.29 is 32.4 Å². The fraction of sp³-hybridized carbons (Fsp3) is 0.821. The van der Waals surface area contributed by atoms with Gasteiger partial charge in [-0.2, -0.15) is 0 Å². The minimum Gasteiger partial charge on any atom is -0.334 e. The van der Waals surface area contributed by atoms with Crippen LogP contribution in [0.3, 0.4) is 0 Å². The summed E-state index contributed by atoms with van der Waals surface area (Å²) in [7, 11) is -2.01. The van der Waals surface area contributed by atoms with Gasteiger partial charge in [0.2, 0.25) is 21.7 Å². The summed E-state index contributed by atoms with van der Waals surface area (Å²) in [5.74, 6) is -1.79. The summed E-state index contributed by atoms with van der Waals surface area (Å²) in [6.07, 6.45) is 11.9. The van der Waals surface area contributed by atoms with Gasteiger partial charge < -0.3 is 15.5 Å². The number of urea groups is 1. The van der Waals surface area contributed by atoms with Gasteiger partial charge in [0.1, 0.15) is 6.04 Å². The van der Waals surface area contributed by atoms with Crippen LogP contribution in [0.1, 0.15) is 118 Å². The number of allylic oxidation sites excluding steroid dienone is 1. The molecule has 11 nitrogen and oxygen atoms in total. The van der Waals surface area contributed by atoms with E-state index in [1.807, 2.05) is 20.8 Å². The van der Waals surface area contributed by atoms with Crippen molar-refractivity contribution in [2.45, 2.75) is 136 Å². The number of hydrogen-bond donors (Lipinski definition) is 2. The number of carbonyl (C=O) groups excluding carboxylic acids is 5. The Balaban J connectivity index is 1.61. The Kier molecular flexibility index (Phi) is 13.4. The van der Waals surface area contributed by atoms with Gasteiger partial charge in [0, 0.05) is 44.9 Å². The number of likely N-dealkylation sites (tertiary alicyclic amines) is 1. The van der Waals surface area contributed by atoms with Gasteiger partial charge in [-0.05, 0) is 73.0 Å². The van der Waals surface area contributed by atoms with Crippen molar-refractivity contribution in [1.29, 1.82) is 0 Å². The summed E-state index contributed by atoms with van der Waals surface area (Å²) in [6.45, 7) is 14.3. The third kappa shape index (κ3) is 10.5. The number of hydrogen-bond acceptors (Lipinski definition) is 7. The molecule has 1 heterocycles. The van der Waals surface area contributed by atoms with Gasteiger partial charge in [-0.1, -0.05) is 72.8 Å². The third-order valence-electron chi connectivity index (χ3n) is 12.4. The van der Waals surface area contributed by atoms with Crippen LogP contribution in [0.15, 0.2) is 12.7 Å². The van der Waals surface area contributed by atoms with Gasteiger partial charge >= 0.3 is 6.03 Å². The van der Waals surface area contributed by atoms with Gasteiger partial charge in [-0.3, -0.25) is 19.2 Å². The average molecular weight is 733 g/mol. The maximum absolute atomic E-state index is 14.9. The van der Waals surface area contributed by atoms with Crippen LogP contribution in [0, 0.1) is 40.4 Å². The van der Waals surface area contributed by atoms with Gasteiger partial charge in [-0.25, -0.2) is 17.5 Å². The zero-order valence-corrected chi connectivity index (χ0v) is 33.0. The van der Waals surface area contributed by atoms with E-state index in [0.717, 1.165) is 64.0 Å².